The number of para-hydroxylation sites is 2. The van der Waals surface area contributed by atoms with E-state index in [4.69, 9.17) is 5.73 Å². The van der Waals surface area contributed by atoms with Gasteiger partial charge in [0.15, 0.2) is 11.5 Å². The molecule has 2 aliphatic heterocycles. The molecule has 2 aliphatic rings. The number of nitrogens with zero attached hydrogens (tertiary/aromatic N) is 4. The number of hydrogen-bond donors (Lipinski definition) is 2. The number of fused-ring (bicyclic) bond motifs is 1. The lowest BCUT2D eigenvalue weighted by molar-refractivity contribution is 0.102. The van der Waals surface area contributed by atoms with Crippen LogP contribution in [0.25, 0.3) is 28.2 Å². The number of hydrogen-bond acceptors (Lipinski definition) is 6. The van der Waals surface area contributed by atoms with Gasteiger partial charge >= 0.3 is 5.69 Å². The van der Waals surface area contributed by atoms with Crippen molar-refractivity contribution in [3.05, 3.63) is 107 Å². The molecule has 0 unspecified atom stereocenters. The first-order valence-electron chi connectivity index (χ1n) is 10.2. The number of amides is 1. The van der Waals surface area contributed by atoms with Gasteiger partial charge in [0.05, 0.1) is 11.3 Å². The lowest BCUT2D eigenvalue weighted by Crippen LogP contribution is -2.25. The van der Waals surface area contributed by atoms with Crippen molar-refractivity contribution < 1.29 is 4.79 Å². The summed E-state index contributed by atoms with van der Waals surface area (Å²) >= 11 is 0. The van der Waals surface area contributed by atoms with Gasteiger partial charge in [-0.1, -0.05) is 66.7 Å². The highest BCUT2D eigenvalue weighted by atomic mass is 16.2. The molecule has 8 nitrogen and oxygen atoms in total. The number of carbonyl (C=O) groups is 1. The minimum Gasteiger partial charge on any atom is -0.383 e. The second-order valence-corrected chi connectivity index (χ2v) is 7.25. The van der Waals surface area contributed by atoms with Crippen LogP contribution in [-0.2, 0) is 0 Å². The van der Waals surface area contributed by atoms with Crippen LogP contribution in [0.5, 0.6) is 0 Å². The van der Waals surface area contributed by atoms with Gasteiger partial charge in [-0.3, -0.25) is 4.79 Å². The van der Waals surface area contributed by atoms with E-state index in [0.717, 1.165) is 0 Å². The lowest BCUT2D eigenvalue weighted by Gasteiger charge is -2.21. The highest BCUT2D eigenvalue weighted by molar-refractivity contribution is 6.10. The van der Waals surface area contributed by atoms with Crippen molar-refractivity contribution in [2.24, 2.45) is 0 Å². The Morgan fingerprint density at radius 3 is 2.06 bits per heavy atom. The molecule has 33 heavy (non-hydrogen) atoms. The van der Waals surface area contributed by atoms with Gasteiger partial charge in [0.2, 0.25) is 0 Å². The fraction of sp³-hybridized carbons (Fsp3) is 0. The van der Waals surface area contributed by atoms with E-state index in [1.165, 1.54) is 4.68 Å². The lowest BCUT2D eigenvalue weighted by atomic mass is 9.97. The van der Waals surface area contributed by atoms with Crippen molar-refractivity contribution in [3.63, 3.8) is 0 Å². The maximum atomic E-state index is 13.5. The highest BCUT2D eigenvalue weighted by Gasteiger charge is 2.28. The Morgan fingerprint density at radius 1 is 0.788 bits per heavy atom. The molecule has 0 fully saturated rings. The topological polar surface area (TPSA) is 116 Å². The maximum Gasteiger partial charge on any atom is 0.371 e. The van der Waals surface area contributed by atoms with Gasteiger partial charge < -0.3 is 11.1 Å². The van der Waals surface area contributed by atoms with Crippen LogP contribution in [0, 0.1) is 0 Å². The first-order valence-corrected chi connectivity index (χ1v) is 10.2. The predicted molar refractivity (Wildman–Crippen MR) is 126 cm³/mol. The van der Waals surface area contributed by atoms with E-state index in [1.807, 2.05) is 66.7 Å². The third kappa shape index (κ3) is 3.81. The molecule has 2 heterocycles. The predicted octanol–water partition coefficient (Wildman–Crippen LogP) is 3.63. The molecule has 1 amide bonds. The van der Waals surface area contributed by atoms with Crippen LogP contribution in [0.4, 0.5) is 11.5 Å². The van der Waals surface area contributed by atoms with E-state index in [9.17, 15) is 9.59 Å². The molecule has 3 aromatic carbocycles. The molecule has 0 radical (unpaired) electrons. The molecule has 160 valence electrons. The standard InChI is InChI=1S/C25H18N6O2/c26-22-20-19(16-10-4-1-5-11-16)21(24(32)27-17-12-6-2-7-13-17)30-31(18-14-8-3-9-15-18)23(20)29-25(33)28-22/h1-15H,(H,27,32)(H2,26,28,33). The summed E-state index contributed by atoms with van der Waals surface area (Å²) in [5.74, 6) is -0.240. The van der Waals surface area contributed by atoms with Crippen molar-refractivity contribution in [1.29, 1.82) is 0 Å². The summed E-state index contributed by atoms with van der Waals surface area (Å²) in [4.78, 5) is 33.6. The van der Waals surface area contributed by atoms with E-state index >= 15 is 0 Å². The van der Waals surface area contributed by atoms with Gasteiger partial charge in [-0.25, -0.2) is 9.48 Å². The van der Waals surface area contributed by atoms with Crippen molar-refractivity contribution in [2.75, 3.05) is 11.1 Å². The SMILES string of the molecule is Nc1nc(=O)nc2n(-c3ccccc3)nc(C(=O)Nc3ccccc3)c(-c3ccccc3)c1-2. The smallest absolute Gasteiger partial charge is 0.371 e. The molecule has 0 spiro atoms. The molecule has 8 heteroatoms. The molecular weight excluding hydrogens is 416 g/mol. The Balaban J connectivity index is 1.85. The molecule has 0 atom stereocenters. The van der Waals surface area contributed by atoms with E-state index in [-0.39, 0.29) is 17.3 Å². The van der Waals surface area contributed by atoms with E-state index < -0.39 is 11.6 Å². The largest absolute Gasteiger partial charge is 0.383 e. The number of aromatic nitrogens is 4. The first-order chi connectivity index (χ1) is 16.1. The number of anilines is 2. The van der Waals surface area contributed by atoms with Crippen LogP contribution in [0.1, 0.15) is 10.5 Å². The molecule has 0 aromatic heterocycles. The van der Waals surface area contributed by atoms with Crippen LogP contribution in [-0.4, -0.2) is 25.7 Å². The summed E-state index contributed by atoms with van der Waals surface area (Å²) in [6, 6.07) is 27.4. The summed E-state index contributed by atoms with van der Waals surface area (Å²) in [5.41, 5.74) is 8.39. The number of benzene rings is 3. The number of nitrogens with one attached hydrogen (secondary N) is 1. The van der Waals surface area contributed by atoms with Gasteiger partial charge in [0.1, 0.15) is 5.82 Å². The minimum atomic E-state index is -0.730. The van der Waals surface area contributed by atoms with Crippen molar-refractivity contribution in [3.8, 4) is 28.2 Å². The van der Waals surface area contributed by atoms with Gasteiger partial charge in [-0.2, -0.15) is 15.1 Å². The first kappa shape index (κ1) is 20.1. The molecule has 3 aromatic rings. The third-order valence-electron chi connectivity index (χ3n) is 5.09. The monoisotopic (exact) mass is 434 g/mol. The van der Waals surface area contributed by atoms with Gasteiger partial charge in [0.25, 0.3) is 5.91 Å². The Morgan fingerprint density at radius 2 is 1.39 bits per heavy atom. The second-order valence-electron chi connectivity index (χ2n) is 7.25. The number of nitrogens with two attached hydrogens (primary N) is 1. The third-order valence-corrected chi connectivity index (χ3v) is 5.09. The number of nitrogen functional groups attached to an aromatic ring is 1. The van der Waals surface area contributed by atoms with Crippen molar-refractivity contribution >= 4 is 17.4 Å². The Bertz CT molecular complexity index is 1470. The summed E-state index contributed by atoms with van der Waals surface area (Å²) in [7, 11) is 0. The van der Waals surface area contributed by atoms with Crippen LogP contribution >= 0.6 is 0 Å². The molecular formula is C25H18N6O2. The molecule has 0 saturated carbocycles. The zero-order valence-corrected chi connectivity index (χ0v) is 17.3. The summed E-state index contributed by atoms with van der Waals surface area (Å²) < 4.78 is 1.45. The molecule has 3 N–H and O–H groups in total. The minimum absolute atomic E-state index is 0.0234. The molecule has 0 aliphatic carbocycles. The number of rotatable bonds is 4. The molecule has 0 bridgehead atoms. The Kier molecular flexibility index (Phi) is 5.08. The van der Waals surface area contributed by atoms with Gasteiger partial charge in [-0.15, -0.1) is 0 Å². The number of carbonyl (C=O) groups excluding carboxylic acids is 1. The zero-order valence-electron chi connectivity index (χ0n) is 17.3. The van der Waals surface area contributed by atoms with Crippen LogP contribution in [0.2, 0.25) is 0 Å². The summed E-state index contributed by atoms with van der Waals surface area (Å²) in [6.07, 6.45) is 0. The van der Waals surface area contributed by atoms with E-state index in [2.05, 4.69) is 20.4 Å². The summed E-state index contributed by atoms with van der Waals surface area (Å²) in [5, 5.41) is 7.53. The average molecular weight is 434 g/mol. The Labute approximate surface area is 188 Å². The van der Waals surface area contributed by atoms with Crippen LogP contribution in [0.15, 0.2) is 95.8 Å². The summed E-state index contributed by atoms with van der Waals surface area (Å²) in [6.45, 7) is 0. The zero-order chi connectivity index (χ0) is 22.8. The van der Waals surface area contributed by atoms with Crippen molar-refractivity contribution in [1.82, 2.24) is 19.7 Å². The normalized spacial score (nSPS) is 10.8. The maximum absolute atomic E-state index is 13.5. The van der Waals surface area contributed by atoms with E-state index in [0.29, 0.717) is 28.1 Å². The molecule has 0 saturated heterocycles. The van der Waals surface area contributed by atoms with Crippen LogP contribution < -0.4 is 16.7 Å². The van der Waals surface area contributed by atoms with Gasteiger partial charge in [0, 0.05) is 11.3 Å². The fourth-order valence-corrected chi connectivity index (χ4v) is 3.66. The van der Waals surface area contributed by atoms with E-state index in [1.54, 1.807) is 24.3 Å². The quantitative estimate of drug-likeness (QED) is 0.446. The highest BCUT2D eigenvalue weighted by Crippen LogP contribution is 2.38. The average Bonchev–Trinajstić information content (AvgIpc) is 2.84. The second kappa shape index (κ2) is 8.35. The Hall–Kier alpha value is -4.85. The van der Waals surface area contributed by atoms with Crippen molar-refractivity contribution in [2.45, 2.75) is 0 Å². The molecule has 5 rings (SSSR count). The fourth-order valence-electron chi connectivity index (χ4n) is 3.66. The van der Waals surface area contributed by atoms with Gasteiger partial charge in [-0.05, 0) is 29.8 Å². The van der Waals surface area contributed by atoms with Crippen LogP contribution in [0.3, 0.4) is 0 Å².